The van der Waals surface area contributed by atoms with Crippen LogP contribution in [0.5, 0.6) is 34.5 Å². The number of benzene rings is 5. The number of hydrogen-bond donors (Lipinski definition) is 0. The number of carbonyl (C=O) groups is 4. The Kier molecular flexibility index (Phi) is 14.8. The van der Waals surface area contributed by atoms with Gasteiger partial charge in [-0.2, -0.15) is 0 Å². The van der Waals surface area contributed by atoms with Gasteiger partial charge in [0.2, 0.25) is 11.5 Å². The summed E-state index contributed by atoms with van der Waals surface area (Å²) in [5, 5.41) is 0. The van der Waals surface area contributed by atoms with Crippen molar-refractivity contribution in [2.24, 2.45) is 0 Å². The van der Waals surface area contributed by atoms with E-state index in [1.807, 2.05) is 62.4 Å². The first-order valence-electron chi connectivity index (χ1n) is 23.1. The van der Waals surface area contributed by atoms with Gasteiger partial charge < -0.3 is 37.9 Å². The summed E-state index contributed by atoms with van der Waals surface area (Å²) in [6.45, 7) is 12.6. The summed E-state index contributed by atoms with van der Waals surface area (Å²) in [7, 11) is 0. The fourth-order valence-electron chi connectivity index (χ4n) is 8.81. The molecular weight excluding hydrogens is 891 g/mol. The van der Waals surface area contributed by atoms with Crippen LogP contribution in [0.2, 0.25) is 0 Å². The Balaban J connectivity index is 0.869. The zero-order valence-electron chi connectivity index (χ0n) is 38.4. The molecule has 0 amide bonds. The van der Waals surface area contributed by atoms with E-state index in [2.05, 4.69) is 13.2 Å². The van der Waals surface area contributed by atoms with Gasteiger partial charge >= 0.3 is 30.2 Å². The average Bonchev–Trinajstić information content (AvgIpc) is 3.94. The lowest BCUT2D eigenvalue weighted by molar-refractivity contribution is -0.287. The SMILES string of the molecule is C=CC(=O)OCCCCCCOc1ccc2c(c1)C(C)c1cc(C(=O)Oc3ccc(OC(=O)c4ccc5c(c4)C(C)c4cc(OCCCCCCOC(=O)C=C)ccc4-5)c4c3OC(F)(F)O4)ccc1-2. The van der Waals surface area contributed by atoms with Crippen molar-refractivity contribution < 1.29 is 65.9 Å². The van der Waals surface area contributed by atoms with E-state index in [1.165, 1.54) is 12.1 Å². The predicted molar refractivity (Wildman–Crippen MR) is 252 cm³/mol. The zero-order valence-corrected chi connectivity index (χ0v) is 38.4. The lowest BCUT2D eigenvalue weighted by atomic mass is 9.98. The van der Waals surface area contributed by atoms with E-state index in [0.29, 0.717) is 26.4 Å². The highest BCUT2D eigenvalue weighted by Gasteiger charge is 2.48. The van der Waals surface area contributed by atoms with Gasteiger partial charge in [0.15, 0.2) is 11.5 Å². The smallest absolute Gasteiger partial charge is 0.494 e. The molecule has 14 heteroatoms. The van der Waals surface area contributed by atoms with Crippen molar-refractivity contribution in [2.45, 2.75) is 83.3 Å². The molecule has 0 saturated heterocycles. The van der Waals surface area contributed by atoms with E-state index in [1.54, 1.807) is 24.3 Å². The number of unbranched alkanes of at least 4 members (excludes halogenated alkanes) is 6. The molecule has 12 nitrogen and oxygen atoms in total. The van der Waals surface area contributed by atoms with E-state index in [-0.39, 0.29) is 34.5 Å². The van der Waals surface area contributed by atoms with Crippen LogP contribution in [0, 0.1) is 0 Å². The minimum Gasteiger partial charge on any atom is -0.494 e. The molecular formula is C55H52F2O12. The van der Waals surface area contributed by atoms with Gasteiger partial charge in [0.05, 0.1) is 37.6 Å². The molecule has 1 heterocycles. The quantitative estimate of drug-likeness (QED) is 0.0282. The second kappa shape index (κ2) is 21.2. The summed E-state index contributed by atoms with van der Waals surface area (Å²) in [6.07, 6.45) is 5.05. The van der Waals surface area contributed by atoms with Gasteiger partial charge in [-0.05, 0) is 157 Å². The van der Waals surface area contributed by atoms with E-state index in [0.717, 1.165) is 120 Å². The Bertz CT molecular complexity index is 2610. The monoisotopic (exact) mass is 942 g/mol. The topological polar surface area (TPSA) is 142 Å². The summed E-state index contributed by atoms with van der Waals surface area (Å²) in [5.74, 6) is -3.08. The Labute approximate surface area is 398 Å². The molecule has 2 aliphatic carbocycles. The Morgan fingerprint density at radius 3 is 1.28 bits per heavy atom. The summed E-state index contributed by atoms with van der Waals surface area (Å²) in [5.41, 5.74) is 8.14. The standard InChI is InChI=1S/C55H52F2O12/c1-5-49(58)64-27-13-9-7-11-25-62-37-17-21-41-39-19-15-35(29-43(39)33(3)45(41)31-37)53(60)66-47-23-24-48(52-51(47)68-55(56,57)69-52)67-54(61)36-16-20-40-42-22-18-38(32-46(42)34(4)44(40)30-36)63-26-12-8-10-14-28-65-50(59)6-2/h5-6,15-24,29-34H,1-2,7-14,25-28H2,3-4H3. The lowest BCUT2D eigenvalue weighted by Gasteiger charge is -2.12. The van der Waals surface area contributed by atoms with Crippen molar-refractivity contribution in [2.75, 3.05) is 26.4 Å². The number of esters is 4. The van der Waals surface area contributed by atoms with Crippen molar-refractivity contribution >= 4 is 23.9 Å². The molecule has 0 bridgehead atoms. The lowest BCUT2D eigenvalue weighted by Crippen LogP contribution is -2.26. The molecule has 69 heavy (non-hydrogen) atoms. The molecule has 0 aromatic heterocycles. The highest BCUT2D eigenvalue weighted by molar-refractivity contribution is 5.95. The van der Waals surface area contributed by atoms with Crippen LogP contribution in [0.15, 0.2) is 110 Å². The molecule has 5 aromatic carbocycles. The van der Waals surface area contributed by atoms with Crippen LogP contribution in [0.25, 0.3) is 22.3 Å². The van der Waals surface area contributed by atoms with Gasteiger partial charge in [-0.25, -0.2) is 19.2 Å². The molecule has 2 unspecified atom stereocenters. The Morgan fingerprint density at radius 1 is 0.522 bits per heavy atom. The summed E-state index contributed by atoms with van der Waals surface area (Å²) in [4.78, 5) is 49.6. The molecule has 0 fully saturated rings. The predicted octanol–water partition coefficient (Wildman–Crippen LogP) is 12.0. The molecule has 3 aliphatic rings. The number of fused-ring (bicyclic) bond motifs is 7. The number of ether oxygens (including phenoxy) is 8. The largest absolute Gasteiger partial charge is 0.586 e. The molecule has 2 atom stereocenters. The number of halogens is 2. The number of alkyl halides is 2. The first-order chi connectivity index (χ1) is 33.3. The van der Waals surface area contributed by atoms with Crippen LogP contribution in [0.3, 0.4) is 0 Å². The van der Waals surface area contributed by atoms with Gasteiger partial charge in [0.25, 0.3) is 0 Å². The minimum absolute atomic E-state index is 0.0863. The fourth-order valence-corrected chi connectivity index (χ4v) is 8.81. The van der Waals surface area contributed by atoms with Crippen molar-refractivity contribution in [3.8, 4) is 56.8 Å². The first-order valence-corrected chi connectivity index (χ1v) is 23.1. The molecule has 5 aromatic rings. The van der Waals surface area contributed by atoms with Gasteiger partial charge in [-0.1, -0.05) is 51.3 Å². The number of carbonyl (C=O) groups excluding carboxylic acids is 4. The van der Waals surface area contributed by atoms with Crippen LogP contribution in [-0.4, -0.2) is 56.6 Å². The van der Waals surface area contributed by atoms with E-state index < -0.39 is 41.7 Å². The maximum Gasteiger partial charge on any atom is 0.586 e. The third-order valence-electron chi connectivity index (χ3n) is 12.4. The molecule has 8 rings (SSSR count). The van der Waals surface area contributed by atoms with Crippen LogP contribution in [0.4, 0.5) is 8.78 Å². The summed E-state index contributed by atoms with van der Waals surface area (Å²) < 4.78 is 72.4. The molecule has 0 radical (unpaired) electrons. The molecule has 0 saturated carbocycles. The van der Waals surface area contributed by atoms with E-state index >= 15 is 0 Å². The summed E-state index contributed by atoms with van der Waals surface area (Å²) in [6, 6.07) is 24.6. The maximum absolute atomic E-state index is 14.7. The summed E-state index contributed by atoms with van der Waals surface area (Å²) >= 11 is 0. The van der Waals surface area contributed by atoms with Crippen molar-refractivity contribution in [1.82, 2.24) is 0 Å². The Hall–Kier alpha value is -7.48. The van der Waals surface area contributed by atoms with Gasteiger partial charge in [0.1, 0.15) is 11.5 Å². The first kappa shape index (κ1) is 48.0. The van der Waals surface area contributed by atoms with Crippen molar-refractivity contribution in [3.63, 3.8) is 0 Å². The van der Waals surface area contributed by atoms with Crippen LogP contribution >= 0.6 is 0 Å². The molecule has 0 spiro atoms. The van der Waals surface area contributed by atoms with Gasteiger partial charge in [-0.3, -0.25) is 0 Å². The Morgan fingerprint density at radius 2 is 0.884 bits per heavy atom. The maximum atomic E-state index is 14.7. The highest BCUT2D eigenvalue weighted by Crippen LogP contribution is 2.53. The number of hydrogen-bond acceptors (Lipinski definition) is 12. The van der Waals surface area contributed by atoms with E-state index in [9.17, 15) is 28.0 Å². The average molecular weight is 943 g/mol. The normalized spacial score (nSPS) is 15.2. The molecule has 0 N–H and O–H groups in total. The zero-order chi connectivity index (χ0) is 48.7. The van der Waals surface area contributed by atoms with Crippen molar-refractivity contribution in [1.29, 1.82) is 0 Å². The van der Waals surface area contributed by atoms with E-state index in [4.69, 9.17) is 37.9 Å². The van der Waals surface area contributed by atoms with Crippen molar-refractivity contribution in [3.05, 3.63) is 144 Å². The van der Waals surface area contributed by atoms with Crippen LogP contribution in [0.1, 0.15) is 120 Å². The minimum atomic E-state index is -4.13. The fraction of sp³-hybridized carbons (Fsp3) is 0.309. The molecule has 1 aliphatic heterocycles. The number of rotatable bonds is 22. The van der Waals surface area contributed by atoms with Gasteiger partial charge in [0, 0.05) is 24.0 Å². The van der Waals surface area contributed by atoms with Crippen LogP contribution in [-0.2, 0) is 19.1 Å². The molecule has 358 valence electrons. The van der Waals surface area contributed by atoms with Gasteiger partial charge in [-0.15, -0.1) is 8.78 Å². The van der Waals surface area contributed by atoms with Crippen LogP contribution < -0.4 is 28.4 Å². The third-order valence-corrected chi connectivity index (χ3v) is 12.4. The second-order valence-electron chi connectivity index (χ2n) is 17.0. The second-order valence-corrected chi connectivity index (χ2v) is 17.0. The highest BCUT2D eigenvalue weighted by atomic mass is 19.3. The third kappa shape index (κ3) is 11.0.